The molecule has 8 unspecified atom stereocenters. The molecule has 49 heavy (non-hydrogen) atoms. The Kier molecular flexibility index (Phi) is 28.2. The van der Waals surface area contributed by atoms with Gasteiger partial charge in [0.15, 0.2) is 6.29 Å². The van der Waals surface area contributed by atoms with Gasteiger partial charge in [-0.3, -0.25) is 4.79 Å². The Morgan fingerprint density at radius 2 is 1.20 bits per heavy atom. The van der Waals surface area contributed by atoms with Gasteiger partial charge >= 0.3 is 0 Å². The summed E-state index contributed by atoms with van der Waals surface area (Å²) in [5.41, 5.74) is 0. The van der Waals surface area contributed by atoms with E-state index in [2.05, 4.69) is 31.3 Å². The van der Waals surface area contributed by atoms with Crippen molar-refractivity contribution in [1.82, 2.24) is 5.32 Å². The van der Waals surface area contributed by atoms with Crippen LogP contribution in [0.15, 0.2) is 24.3 Å². The Balaban J connectivity index is 2.53. The van der Waals surface area contributed by atoms with Crippen LogP contribution >= 0.6 is 0 Å². The van der Waals surface area contributed by atoms with Crippen LogP contribution in [0.2, 0.25) is 0 Å². The number of aliphatic hydroxyl groups excluding tert-OH is 6. The average Bonchev–Trinajstić information content (AvgIpc) is 3.10. The summed E-state index contributed by atoms with van der Waals surface area (Å²) in [5, 5.41) is 64.2. The van der Waals surface area contributed by atoms with Crippen molar-refractivity contribution >= 4 is 5.91 Å². The van der Waals surface area contributed by atoms with Crippen LogP contribution in [0.25, 0.3) is 0 Å². The normalized spacial score (nSPS) is 23.3. The van der Waals surface area contributed by atoms with Gasteiger partial charge < -0.3 is 45.4 Å². The Bertz CT molecular complexity index is 839. The van der Waals surface area contributed by atoms with Gasteiger partial charge in [0.1, 0.15) is 30.5 Å². The minimum absolute atomic E-state index is 0.295. The minimum Gasteiger partial charge on any atom is -0.394 e. The Morgan fingerprint density at radius 1 is 0.694 bits per heavy atom. The fourth-order valence-electron chi connectivity index (χ4n) is 6.02. The second kappa shape index (κ2) is 30.3. The van der Waals surface area contributed by atoms with Crippen LogP contribution in [0.1, 0.15) is 155 Å². The maximum atomic E-state index is 12.9. The van der Waals surface area contributed by atoms with Crippen LogP contribution in [0.4, 0.5) is 0 Å². The zero-order valence-corrected chi connectivity index (χ0v) is 30.8. The number of amides is 1. The van der Waals surface area contributed by atoms with E-state index in [4.69, 9.17) is 9.47 Å². The molecule has 0 aliphatic carbocycles. The second-order valence-corrected chi connectivity index (χ2v) is 13.9. The molecule has 1 aliphatic rings. The van der Waals surface area contributed by atoms with Gasteiger partial charge in [-0.15, -0.1) is 0 Å². The fraction of sp³-hybridized carbons (Fsp3) is 0.872. The van der Waals surface area contributed by atoms with Gasteiger partial charge in [0, 0.05) is 0 Å². The summed E-state index contributed by atoms with van der Waals surface area (Å²) in [5.74, 6) is -0.630. The number of ether oxygens (including phenoxy) is 2. The lowest BCUT2D eigenvalue weighted by molar-refractivity contribution is -0.302. The van der Waals surface area contributed by atoms with Crippen LogP contribution in [0.3, 0.4) is 0 Å². The molecule has 1 aliphatic heterocycles. The summed E-state index contributed by atoms with van der Waals surface area (Å²) in [4.78, 5) is 12.9. The molecule has 10 nitrogen and oxygen atoms in total. The van der Waals surface area contributed by atoms with Crippen LogP contribution in [-0.2, 0) is 14.3 Å². The molecule has 0 spiro atoms. The van der Waals surface area contributed by atoms with Gasteiger partial charge in [-0.25, -0.2) is 0 Å². The second-order valence-electron chi connectivity index (χ2n) is 13.9. The number of rotatable bonds is 31. The van der Waals surface area contributed by atoms with E-state index >= 15 is 0 Å². The summed E-state index contributed by atoms with van der Waals surface area (Å²) in [6.45, 7) is 3.52. The van der Waals surface area contributed by atoms with Crippen LogP contribution in [0.5, 0.6) is 0 Å². The summed E-state index contributed by atoms with van der Waals surface area (Å²) < 4.78 is 11.1. The van der Waals surface area contributed by atoms with E-state index in [9.17, 15) is 35.4 Å². The van der Waals surface area contributed by atoms with E-state index in [0.717, 1.165) is 51.4 Å². The topological polar surface area (TPSA) is 169 Å². The molecule has 1 amide bonds. The molecular weight excluding hydrogens is 626 g/mol. The van der Waals surface area contributed by atoms with E-state index in [0.29, 0.717) is 12.8 Å². The highest BCUT2D eigenvalue weighted by molar-refractivity contribution is 5.80. The lowest BCUT2D eigenvalue weighted by atomic mass is 9.99. The highest BCUT2D eigenvalue weighted by atomic mass is 16.7. The van der Waals surface area contributed by atoms with Gasteiger partial charge in [0.2, 0.25) is 5.91 Å². The van der Waals surface area contributed by atoms with Crippen LogP contribution in [-0.4, -0.2) is 98.7 Å². The molecule has 1 fully saturated rings. The minimum atomic E-state index is -1.61. The molecule has 0 aromatic heterocycles. The largest absolute Gasteiger partial charge is 0.394 e. The molecule has 0 bridgehead atoms. The number of nitrogens with one attached hydrogen (secondary N) is 1. The summed E-state index contributed by atoms with van der Waals surface area (Å²) >= 11 is 0. The van der Waals surface area contributed by atoms with Crippen molar-refractivity contribution in [3.8, 4) is 0 Å². The van der Waals surface area contributed by atoms with Crippen LogP contribution in [0, 0.1) is 0 Å². The predicted molar refractivity (Wildman–Crippen MR) is 195 cm³/mol. The quantitative estimate of drug-likeness (QED) is 0.0352. The molecule has 1 saturated heterocycles. The zero-order valence-electron chi connectivity index (χ0n) is 30.8. The molecule has 8 atom stereocenters. The molecular formula is C39H73NO9. The van der Waals surface area contributed by atoms with Gasteiger partial charge in [-0.05, 0) is 38.5 Å². The Labute approximate surface area is 297 Å². The monoisotopic (exact) mass is 700 g/mol. The van der Waals surface area contributed by atoms with E-state index in [1.807, 2.05) is 6.08 Å². The predicted octanol–water partition coefficient (Wildman–Crippen LogP) is 5.74. The summed E-state index contributed by atoms with van der Waals surface area (Å²) in [6.07, 6.45) is 22.7. The smallest absolute Gasteiger partial charge is 0.249 e. The molecule has 0 radical (unpaired) electrons. The zero-order chi connectivity index (χ0) is 36.1. The number of hydrogen-bond donors (Lipinski definition) is 7. The molecule has 288 valence electrons. The number of allylic oxidation sites excluding steroid dienone is 3. The lowest BCUT2D eigenvalue weighted by Gasteiger charge is -2.40. The first-order chi connectivity index (χ1) is 23.8. The van der Waals surface area contributed by atoms with Crippen molar-refractivity contribution in [2.75, 3.05) is 13.2 Å². The van der Waals surface area contributed by atoms with E-state index in [1.165, 1.54) is 77.0 Å². The van der Waals surface area contributed by atoms with Crippen molar-refractivity contribution in [3.05, 3.63) is 24.3 Å². The number of aliphatic hydroxyl groups is 6. The van der Waals surface area contributed by atoms with Gasteiger partial charge in [0.05, 0.1) is 25.4 Å². The molecule has 7 N–H and O–H groups in total. The highest BCUT2D eigenvalue weighted by Gasteiger charge is 2.44. The molecule has 10 heteroatoms. The summed E-state index contributed by atoms with van der Waals surface area (Å²) in [6, 6.07) is -0.979. The van der Waals surface area contributed by atoms with Crippen molar-refractivity contribution < 1.29 is 44.9 Å². The summed E-state index contributed by atoms with van der Waals surface area (Å²) in [7, 11) is 0. The highest BCUT2D eigenvalue weighted by Crippen LogP contribution is 2.22. The Morgan fingerprint density at radius 3 is 1.78 bits per heavy atom. The van der Waals surface area contributed by atoms with Crippen molar-refractivity contribution in [1.29, 1.82) is 0 Å². The fourth-order valence-corrected chi connectivity index (χ4v) is 6.02. The third-order valence-electron chi connectivity index (χ3n) is 9.38. The number of carbonyl (C=O) groups is 1. The molecule has 0 aromatic rings. The van der Waals surface area contributed by atoms with Gasteiger partial charge in [-0.1, -0.05) is 141 Å². The van der Waals surface area contributed by atoms with E-state index in [1.54, 1.807) is 6.08 Å². The first-order valence-electron chi connectivity index (χ1n) is 19.7. The van der Waals surface area contributed by atoms with Crippen molar-refractivity contribution in [2.45, 2.75) is 204 Å². The first kappa shape index (κ1) is 45.7. The average molecular weight is 700 g/mol. The lowest BCUT2D eigenvalue weighted by Crippen LogP contribution is -2.60. The molecule has 0 aromatic carbocycles. The SMILES string of the molecule is CCCC/C=C\CCCCCCC(O)C(=O)NC(COC1OC(CO)C(O)C(O)C1O)C(O)/C=C/CCCCCCCCCCCCCC. The maximum Gasteiger partial charge on any atom is 0.249 e. The third-order valence-corrected chi connectivity index (χ3v) is 9.38. The number of unbranched alkanes of at least 4 members (excludes halogenated alkanes) is 18. The standard InChI is InChI=1S/C39H73NO9/c1-3-5-7-9-11-13-15-16-17-18-20-21-23-25-27-32(42)31(30-48-39-37(46)36(45)35(44)34(29-41)49-39)40-38(47)33(43)28-26-24-22-19-14-12-10-8-6-4-2/h10,12,25,27,31-37,39,41-46H,3-9,11,13-24,26,28-30H2,1-2H3,(H,40,47)/b12-10-,27-25+. The van der Waals surface area contributed by atoms with Crippen molar-refractivity contribution in [2.24, 2.45) is 0 Å². The Hall–Kier alpha value is -1.37. The maximum absolute atomic E-state index is 12.9. The van der Waals surface area contributed by atoms with Gasteiger partial charge in [-0.2, -0.15) is 0 Å². The van der Waals surface area contributed by atoms with E-state index < -0.39 is 61.5 Å². The third kappa shape index (κ3) is 21.6. The van der Waals surface area contributed by atoms with E-state index in [-0.39, 0.29) is 6.61 Å². The number of hydrogen-bond acceptors (Lipinski definition) is 9. The molecule has 1 heterocycles. The molecule has 1 rings (SSSR count). The van der Waals surface area contributed by atoms with Gasteiger partial charge in [0.25, 0.3) is 0 Å². The number of carbonyl (C=O) groups excluding carboxylic acids is 1. The van der Waals surface area contributed by atoms with Crippen molar-refractivity contribution in [3.63, 3.8) is 0 Å². The molecule has 0 saturated carbocycles. The van der Waals surface area contributed by atoms with Crippen LogP contribution < -0.4 is 5.32 Å². The first-order valence-corrected chi connectivity index (χ1v) is 19.7.